The summed E-state index contributed by atoms with van der Waals surface area (Å²) in [7, 11) is 1.29. The number of carbonyl (C=O) groups excluding carboxylic acids is 1. The van der Waals surface area contributed by atoms with Gasteiger partial charge in [-0.3, -0.25) is 0 Å². The van der Waals surface area contributed by atoms with E-state index in [1.54, 1.807) is 0 Å². The fourth-order valence-electron chi connectivity index (χ4n) is 2.56. The van der Waals surface area contributed by atoms with Gasteiger partial charge >= 0.3 is 0 Å². The zero-order valence-corrected chi connectivity index (χ0v) is 17.7. The number of aliphatic hydroxyl groups excluding tert-OH is 1. The highest BCUT2D eigenvalue weighted by molar-refractivity contribution is 5.61. The van der Waals surface area contributed by atoms with Crippen molar-refractivity contribution >= 4 is 6.09 Å². The lowest BCUT2D eigenvalue weighted by Crippen LogP contribution is -3.00. The second-order valence-corrected chi connectivity index (χ2v) is 5.91. The van der Waals surface area contributed by atoms with Crippen molar-refractivity contribution in [3.8, 4) is 0 Å². The molecule has 0 aliphatic carbocycles. The largest absolute Gasteiger partial charge is 1.00 e. The topological polar surface area (TPSA) is 72.4 Å². The highest BCUT2D eigenvalue weighted by Gasteiger charge is 2.24. The number of hydrogen-bond donors (Lipinski definition) is 2. The van der Waals surface area contributed by atoms with E-state index in [1.807, 2.05) is 5.32 Å². The maximum atomic E-state index is 9.15. The molecule has 23 heavy (non-hydrogen) atoms. The van der Waals surface area contributed by atoms with E-state index in [4.69, 9.17) is 15.0 Å². The van der Waals surface area contributed by atoms with Gasteiger partial charge in [0.05, 0.1) is 26.2 Å². The molecule has 0 saturated heterocycles. The van der Waals surface area contributed by atoms with Gasteiger partial charge in [0.2, 0.25) is 0 Å². The Morgan fingerprint density at radius 1 is 0.913 bits per heavy atom. The molecule has 0 rings (SSSR count). The molecule has 6 heteroatoms. The van der Waals surface area contributed by atoms with E-state index in [0.717, 1.165) is 6.42 Å². The van der Waals surface area contributed by atoms with Crippen molar-refractivity contribution in [3.05, 3.63) is 0 Å². The normalized spacial score (nSPS) is 10.3. The second-order valence-electron chi connectivity index (χ2n) is 5.91. The van der Waals surface area contributed by atoms with E-state index in [-0.39, 0.29) is 24.0 Å². The maximum Gasteiger partial charge on any atom is 0.133 e. The molecule has 0 saturated carbocycles. The second kappa shape index (κ2) is 20.0. The molecule has 0 aromatic carbocycles. The third kappa shape index (κ3) is 18.1. The molecule has 0 aliphatic heterocycles. The van der Waals surface area contributed by atoms with Crippen molar-refractivity contribution < 1.29 is 43.5 Å². The Balaban J connectivity index is -0.000000578. The van der Waals surface area contributed by atoms with Crippen LogP contribution in [-0.4, -0.2) is 55.5 Å². The Morgan fingerprint density at radius 2 is 1.22 bits per heavy atom. The molecule has 142 valence electrons. The number of unbranched alkanes of at least 4 members (excludes halogenated alkanes) is 3. The highest BCUT2D eigenvalue weighted by atomic mass is 127. The van der Waals surface area contributed by atoms with Crippen molar-refractivity contribution in [1.82, 2.24) is 5.32 Å². The summed E-state index contributed by atoms with van der Waals surface area (Å²) in [4.78, 5) is 9.15. The first-order valence-corrected chi connectivity index (χ1v) is 8.86. The smallest absolute Gasteiger partial charge is 0.133 e. The van der Waals surface area contributed by atoms with Gasteiger partial charge in [-0.05, 0) is 19.3 Å². The molecular formula is C17H38IN2O3-. The molecule has 0 fully saturated rings. The van der Waals surface area contributed by atoms with Crippen LogP contribution in [0.15, 0.2) is 0 Å². The zero-order valence-electron chi connectivity index (χ0n) is 15.6. The monoisotopic (exact) mass is 445 g/mol. The lowest BCUT2D eigenvalue weighted by Gasteiger charge is -2.39. The van der Waals surface area contributed by atoms with E-state index >= 15 is 0 Å². The van der Waals surface area contributed by atoms with Gasteiger partial charge in [0.15, 0.2) is 0 Å². The van der Waals surface area contributed by atoms with Crippen LogP contribution in [0.1, 0.15) is 65.7 Å². The van der Waals surface area contributed by atoms with Crippen LogP contribution in [0.3, 0.4) is 0 Å². The Kier molecular flexibility index (Phi) is 24.1. The molecule has 0 heterocycles. The van der Waals surface area contributed by atoms with Crippen LogP contribution in [0, 0.1) is 0 Å². The van der Waals surface area contributed by atoms with Crippen LogP contribution in [0.5, 0.6) is 0 Å². The van der Waals surface area contributed by atoms with Crippen LogP contribution in [0.2, 0.25) is 0 Å². The maximum absolute atomic E-state index is 9.15. The summed E-state index contributed by atoms with van der Waals surface area (Å²) in [5.74, 6) is 0. The number of carboxylic acid groups (broad SMARTS) is 1. The summed E-state index contributed by atoms with van der Waals surface area (Å²) in [5.41, 5.74) is 0. The third-order valence-electron chi connectivity index (χ3n) is 3.95. The van der Waals surface area contributed by atoms with Gasteiger partial charge in [0.25, 0.3) is 0 Å². The highest BCUT2D eigenvalue weighted by Crippen LogP contribution is 2.15. The molecule has 0 bridgehead atoms. The molecule has 0 aromatic rings. The van der Waals surface area contributed by atoms with Crippen molar-refractivity contribution in [2.45, 2.75) is 65.7 Å². The van der Waals surface area contributed by atoms with Gasteiger partial charge in [-0.2, -0.15) is 0 Å². The van der Waals surface area contributed by atoms with Crippen LogP contribution in [-0.2, 0) is 0 Å². The average molecular weight is 445 g/mol. The minimum Gasteiger partial charge on any atom is -1.00 e. The number of quaternary nitrogens is 1. The summed E-state index contributed by atoms with van der Waals surface area (Å²) in [6, 6.07) is 0. The summed E-state index contributed by atoms with van der Waals surface area (Å²) in [6.45, 7) is 12.3. The predicted molar refractivity (Wildman–Crippen MR) is 90.6 cm³/mol. The first-order valence-electron chi connectivity index (χ1n) is 8.86. The summed E-state index contributed by atoms with van der Waals surface area (Å²) < 4.78 is 1.26. The predicted octanol–water partition coefficient (Wildman–Crippen LogP) is -0.861. The quantitative estimate of drug-likeness (QED) is 0.304. The first-order chi connectivity index (χ1) is 10.5. The minimum atomic E-state index is -1.25. The van der Waals surface area contributed by atoms with Gasteiger partial charge < -0.3 is 48.8 Å². The zero-order chi connectivity index (χ0) is 17.3. The Morgan fingerprint density at radius 3 is 1.43 bits per heavy atom. The average Bonchev–Trinajstić information content (AvgIpc) is 2.54. The van der Waals surface area contributed by atoms with Gasteiger partial charge in [0.1, 0.15) is 6.09 Å². The van der Waals surface area contributed by atoms with E-state index in [2.05, 4.69) is 20.8 Å². The first kappa shape index (κ1) is 27.8. The minimum absolute atomic E-state index is 0. The van der Waals surface area contributed by atoms with Crippen LogP contribution in [0.25, 0.3) is 0 Å². The summed E-state index contributed by atoms with van der Waals surface area (Å²) in [6.07, 6.45) is 7.59. The third-order valence-corrected chi connectivity index (χ3v) is 3.95. The Labute approximate surface area is 160 Å². The molecule has 0 aliphatic rings. The van der Waals surface area contributed by atoms with Crippen molar-refractivity contribution in [1.29, 1.82) is 0 Å². The van der Waals surface area contributed by atoms with E-state index in [0.29, 0.717) is 6.61 Å². The molecular weight excluding hydrogens is 407 g/mol. The molecule has 0 atom stereocenters. The number of hydrogen-bond acceptors (Lipinski definition) is 3. The summed E-state index contributed by atoms with van der Waals surface area (Å²) in [5, 5.41) is 20.1. The number of aliphatic hydroxyl groups is 1. The fraction of sp³-hybridized carbons (Fsp3) is 0.941. The number of nitrogens with one attached hydrogen (secondary N) is 1. The lowest BCUT2D eigenvalue weighted by atomic mass is 10.1. The molecule has 5 nitrogen and oxygen atoms in total. The van der Waals surface area contributed by atoms with Crippen LogP contribution < -0.4 is 34.4 Å². The van der Waals surface area contributed by atoms with Crippen molar-refractivity contribution in [3.63, 3.8) is 0 Å². The number of rotatable bonds is 12. The number of nitrogens with zero attached hydrogens (tertiary/aromatic N) is 1. The lowest BCUT2D eigenvalue weighted by molar-refractivity contribution is -0.929. The van der Waals surface area contributed by atoms with E-state index < -0.39 is 6.09 Å². The number of carbonyl (C=O) groups is 1. The van der Waals surface area contributed by atoms with Crippen molar-refractivity contribution in [2.75, 3.05) is 39.8 Å². The molecule has 2 N–H and O–H groups in total. The fourth-order valence-corrected chi connectivity index (χ4v) is 2.56. The summed E-state index contributed by atoms with van der Waals surface area (Å²) >= 11 is 0. The standard InChI is InChI=1S/C15H34NO.C2H5NO2.HI/c1-4-7-11-16(12-8-5-2,13-9-6-3)14-10-15-17;1-3-2(4)5;/h17H,4-15H2,1-3H3;3H,1H3,(H,4,5);1H/q+1;;/p-2. The Bertz CT molecular complexity index is 216. The van der Waals surface area contributed by atoms with Gasteiger partial charge in [-0.15, -0.1) is 0 Å². The van der Waals surface area contributed by atoms with Gasteiger partial charge in [0, 0.05) is 20.1 Å². The van der Waals surface area contributed by atoms with E-state index in [9.17, 15) is 0 Å². The van der Waals surface area contributed by atoms with Crippen molar-refractivity contribution in [2.24, 2.45) is 0 Å². The molecule has 0 aromatic heterocycles. The van der Waals surface area contributed by atoms with Crippen LogP contribution in [0.4, 0.5) is 4.79 Å². The van der Waals surface area contributed by atoms with E-state index in [1.165, 1.54) is 76.2 Å². The molecule has 0 radical (unpaired) electrons. The number of halogens is 1. The molecule has 0 spiro atoms. The Hall–Kier alpha value is -0.0800. The SMILES string of the molecule is CCCC[N+](CCCC)(CCCC)CCCO.CNC(=O)[O-].[I-]. The van der Waals surface area contributed by atoms with Crippen LogP contribution >= 0.6 is 0 Å². The van der Waals surface area contributed by atoms with Gasteiger partial charge in [-0.25, -0.2) is 0 Å². The number of amides is 1. The molecule has 1 amide bonds. The molecule has 0 unspecified atom stereocenters. The van der Waals surface area contributed by atoms with Gasteiger partial charge in [-0.1, -0.05) is 40.0 Å².